The first-order valence-corrected chi connectivity index (χ1v) is 9.02. The van der Waals surface area contributed by atoms with Gasteiger partial charge < -0.3 is 15.5 Å². The van der Waals surface area contributed by atoms with Crippen LogP contribution in [0.5, 0.6) is 0 Å². The van der Waals surface area contributed by atoms with Crippen molar-refractivity contribution in [1.82, 2.24) is 9.80 Å². The summed E-state index contributed by atoms with van der Waals surface area (Å²) < 4.78 is 0. The van der Waals surface area contributed by atoms with Gasteiger partial charge in [0.2, 0.25) is 5.91 Å². The molecule has 1 fully saturated rings. The number of amides is 3. The van der Waals surface area contributed by atoms with E-state index in [9.17, 15) is 9.59 Å². The first-order chi connectivity index (χ1) is 12.0. The lowest BCUT2D eigenvalue weighted by atomic mass is 9.96. The second kappa shape index (κ2) is 9.25. The molecule has 2 rings (SSSR count). The molecular formula is C20H29N3O2. The molecule has 1 aromatic rings. The average molecular weight is 343 g/mol. The molecule has 136 valence electrons. The normalized spacial score (nSPS) is 17.9. The van der Waals surface area contributed by atoms with Crippen molar-refractivity contribution in [3.63, 3.8) is 0 Å². The van der Waals surface area contributed by atoms with Crippen molar-refractivity contribution in [2.75, 3.05) is 26.2 Å². The lowest BCUT2D eigenvalue weighted by Crippen LogP contribution is -2.49. The molecule has 1 saturated heterocycles. The van der Waals surface area contributed by atoms with E-state index in [1.54, 1.807) is 4.90 Å². The zero-order valence-electron chi connectivity index (χ0n) is 15.2. The van der Waals surface area contributed by atoms with E-state index in [1.807, 2.05) is 47.4 Å². The summed E-state index contributed by atoms with van der Waals surface area (Å²) in [6.45, 7) is 6.60. The molecular weight excluding hydrogens is 314 g/mol. The number of nitrogens with two attached hydrogens (primary N) is 1. The zero-order valence-corrected chi connectivity index (χ0v) is 15.2. The van der Waals surface area contributed by atoms with Gasteiger partial charge in [0.05, 0.1) is 5.92 Å². The van der Waals surface area contributed by atoms with E-state index in [4.69, 9.17) is 5.73 Å². The number of likely N-dealkylation sites (tertiary alicyclic amines) is 1. The van der Waals surface area contributed by atoms with Gasteiger partial charge in [-0.15, -0.1) is 0 Å². The molecule has 0 saturated carbocycles. The molecule has 5 heteroatoms. The highest BCUT2D eigenvalue weighted by Gasteiger charge is 2.30. The Morgan fingerprint density at radius 1 is 1.32 bits per heavy atom. The van der Waals surface area contributed by atoms with E-state index in [-0.39, 0.29) is 11.8 Å². The van der Waals surface area contributed by atoms with E-state index >= 15 is 0 Å². The number of nitrogens with zero attached hydrogens (tertiary/aromatic N) is 2. The number of rotatable bonds is 6. The second-order valence-corrected chi connectivity index (χ2v) is 7.07. The molecule has 2 N–H and O–H groups in total. The summed E-state index contributed by atoms with van der Waals surface area (Å²) in [4.78, 5) is 27.9. The van der Waals surface area contributed by atoms with Crippen LogP contribution in [0, 0.1) is 11.8 Å². The fourth-order valence-electron chi connectivity index (χ4n) is 3.21. The molecule has 3 amide bonds. The van der Waals surface area contributed by atoms with Crippen molar-refractivity contribution in [2.24, 2.45) is 17.6 Å². The number of hydrogen-bond acceptors (Lipinski definition) is 2. The Hall–Kier alpha value is -2.30. The van der Waals surface area contributed by atoms with E-state index in [2.05, 4.69) is 13.8 Å². The van der Waals surface area contributed by atoms with Crippen LogP contribution in [0.1, 0.15) is 32.3 Å². The third-order valence-electron chi connectivity index (χ3n) is 4.42. The molecule has 1 aromatic carbocycles. The van der Waals surface area contributed by atoms with E-state index in [0.717, 1.165) is 18.4 Å². The van der Waals surface area contributed by atoms with Crippen LogP contribution in [0.3, 0.4) is 0 Å². The molecule has 0 spiro atoms. The average Bonchev–Trinajstić information content (AvgIpc) is 2.61. The Balaban J connectivity index is 2.01. The van der Waals surface area contributed by atoms with E-state index < -0.39 is 6.03 Å². The highest BCUT2D eigenvalue weighted by molar-refractivity contribution is 5.81. The summed E-state index contributed by atoms with van der Waals surface area (Å²) in [5, 5.41) is 0. The topological polar surface area (TPSA) is 66.6 Å². The van der Waals surface area contributed by atoms with Crippen molar-refractivity contribution < 1.29 is 9.59 Å². The maximum absolute atomic E-state index is 13.0. The molecule has 0 unspecified atom stereocenters. The highest BCUT2D eigenvalue weighted by atomic mass is 16.2. The minimum absolute atomic E-state index is 0.123. The standard InChI is InChI=1S/C20H29N3O2/c1-16(2)14-22(12-6-10-17-8-4-3-5-9-17)19(24)18-11-7-13-23(15-18)20(21)25/h3-6,8-10,16,18H,7,11-15H2,1-2H3,(H2,21,25)/b10-6+/t18-/m0/s1. The van der Waals surface area contributed by atoms with Gasteiger partial charge in [-0.1, -0.05) is 56.3 Å². The molecule has 0 bridgehead atoms. The third kappa shape index (κ3) is 5.93. The van der Waals surface area contributed by atoms with Gasteiger partial charge >= 0.3 is 6.03 Å². The summed E-state index contributed by atoms with van der Waals surface area (Å²) in [5.74, 6) is 0.368. The first kappa shape index (κ1) is 19.0. The lowest BCUT2D eigenvalue weighted by Gasteiger charge is -2.34. The molecule has 1 aliphatic rings. The number of piperidine rings is 1. The lowest BCUT2D eigenvalue weighted by molar-refractivity contribution is -0.136. The number of urea groups is 1. The summed E-state index contributed by atoms with van der Waals surface area (Å²) in [7, 11) is 0. The Morgan fingerprint density at radius 3 is 2.68 bits per heavy atom. The summed E-state index contributed by atoms with van der Waals surface area (Å²) in [6, 6.07) is 9.62. The van der Waals surface area contributed by atoms with Crippen LogP contribution in [-0.2, 0) is 4.79 Å². The minimum atomic E-state index is -0.433. The van der Waals surface area contributed by atoms with Crippen molar-refractivity contribution in [3.05, 3.63) is 42.0 Å². The number of hydrogen-bond donors (Lipinski definition) is 1. The molecule has 1 atom stereocenters. The van der Waals surface area contributed by atoms with Crippen molar-refractivity contribution in [1.29, 1.82) is 0 Å². The van der Waals surface area contributed by atoms with Crippen LogP contribution in [0.2, 0.25) is 0 Å². The van der Waals surface area contributed by atoms with Gasteiger partial charge in [0.25, 0.3) is 0 Å². The van der Waals surface area contributed by atoms with Crippen LogP contribution in [0.4, 0.5) is 4.79 Å². The van der Waals surface area contributed by atoms with Gasteiger partial charge in [0, 0.05) is 26.2 Å². The van der Waals surface area contributed by atoms with E-state index in [1.165, 1.54) is 0 Å². The monoisotopic (exact) mass is 343 g/mol. The predicted molar refractivity (Wildman–Crippen MR) is 101 cm³/mol. The highest BCUT2D eigenvalue weighted by Crippen LogP contribution is 2.19. The van der Waals surface area contributed by atoms with Crippen LogP contribution in [0.15, 0.2) is 36.4 Å². The van der Waals surface area contributed by atoms with Crippen molar-refractivity contribution in [2.45, 2.75) is 26.7 Å². The number of benzene rings is 1. The Morgan fingerprint density at radius 2 is 2.04 bits per heavy atom. The molecule has 5 nitrogen and oxygen atoms in total. The first-order valence-electron chi connectivity index (χ1n) is 9.02. The van der Waals surface area contributed by atoms with Gasteiger partial charge in [-0.3, -0.25) is 4.79 Å². The molecule has 1 heterocycles. The number of carbonyl (C=O) groups excluding carboxylic acids is 2. The number of carbonyl (C=O) groups is 2. The largest absolute Gasteiger partial charge is 0.351 e. The molecule has 1 aliphatic heterocycles. The summed E-state index contributed by atoms with van der Waals surface area (Å²) >= 11 is 0. The maximum atomic E-state index is 13.0. The second-order valence-electron chi connectivity index (χ2n) is 7.07. The predicted octanol–water partition coefficient (Wildman–Crippen LogP) is 2.98. The van der Waals surface area contributed by atoms with Gasteiger partial charge in [-0.25, -0.2) is 4.79 Å². The van der Waals surface area contributed by atoms with Crippen LogP contribution >= 0.6 is 0 Å². The van der Waals surface area contributed by atoms with E-state index in [0.29, 0.717) is 32.1 Å². The van der Waals surface area contributed by atoms with Crippen molar-refractivity contribution in [3.8, 4) is 0 Å². The molecule has 0 aliphatic carbocycles. The van der Waals surface area contributed by atoms with Gasteiger partial charge in [0.15, 0.2) is 0 Å². The SMILES string of the molecule is CC(C)CN(C/C=C/c1ccccc1)C(=O)[C@H]1CCCN(C(N)=O)C1. The summed E-state index contributed by atoms with van der Waals surface area (Å²) in [6.07, 6.45) is 5.72. The summed E-state index contributed by atoms with van der Waals surface area (Å²) in [5.41, 5.74) is 6.50. The van der Waals surface area contributed by atoms with Crippen LogP contribution < -0.4 is 5.73 Å². The van der Waals surface area contributed by atoms with Gasteiger partial charge in [-0.05, 0) is 24.3 Å². The van der Waals surface area contributed by atoms with Crippen LogP contribution in [0.25, 0.3) is 6.08 Å². The smallest absolute Gasteiger partial charge is 0.314 e. The van der Waals surface area contributed by atoms with Gasteiger partial charge in [-0.2, -0.15) is 0 Å². The zero-order chi connectivity index (χ0) is 18.2. The fraction of sp³-hybridized carbons (Fsp3) is 0.500. The Kier molecular flexibility index (Phi) is 7.04. The van der Waals surface area contributed by atoms with Gasteiger partial charge in [0.1, 0.15) is 0 Å². The quantitative estimate of drug-likeness (QED) is 0.863. The molecule has 0 radical (unpaired) electrons. The fourth-order valence-corrected chi connectivity index (χ4v) is 3.21. The van der Waals surface area contributed by atoms with Crippen molar-refractivity contribution >= 4 is 18.0 Å². The Bertz CT molecular complexity index is 598. The third-order valence-corrected chi connectivity index (χ3v) is 4.42. The Labute approximate surface area is 150 Å². The number of primary amides is 1. The molecule has 0 aromatic heterocycles. The maximum Gasteiger partial charge on any atom is 0.314 e. The molecule has 25 heavy (non-hydrogen) atoms. The minimum Gasteiger partial charge on any atom is -0.351 e. The van der Waals surface area contributed by atoms with Crippen LogP contribution in [-0.4, -0.2) is 47.9 Å².